The first-order valence-electron chi connectivity index (χ1n) is 5.35. The monoisotopic (exact) mass is 404 g/mol. The zero-order valence-corrected chi connectivity index (χ0v) is 13.7. The summed E-state index contributed by atoms with van der Waals surface area (Å²) in [6.45, 7) is 1.87. The maximum atomic E-state index is 13.8. The molecule has 0 radical (unpaired) electrons. The van der Waals surface area contributed by atoms with E-state index in [0.717, 1.165) is 10.0 Å². The molecule has 0 aromatic heterocycles. The fourth-order valence-electron chi connectivity index (χ4n) is 1.72. The second kappa shape index (κ2) is 5.73. The van der Waals surface area contributed by atoms with Crippen LogP contribution < -0.4 is 0 Å². The van der Waals surface area contributed by atoms with E-state index in [1.807, 2.05) is 13.0 Å². The summed E-state index contributed by atoms with van der Waals surface area (Å²) in [7, 11) is 0. The van der Waals surface area contributed by atoms with Crippen molar-refractivity contribution in [3.8, 4) is 0 Å². The number of rotatable bonds is 2. The van der Waals surface area contributed by atoms with Crippen molar-refractivity contribution in [2.75, 3.05) is 0 Å². The van der Waals surface area contributed by atoms with Gasteiger partial charge in [0.2, 0.25) is 0 Å². The topological polar surface area (TPSA) is 17.1 Å². The van der Waals surface area contributed by atoms with Gasteiger partial charge in [-0.1, -0.05) is 27.5 Å². The molecule has 0 amide bonds. The van der Waals surface area contributed by atoms with E-state index in [1.165, 1.54) is 12.1 Å². The zero-order valence-electron chi connectivity index (χ0n) is 9.81. The van der Waals surface area contributed by atoms with E-state index in [-0.39, 0.29) is 5.56 Å². The lowest BCUT2D eigenvalue weighted by Crippen LogP contribution is -2.05. The Labute approximate surface area is 132 Å². The van der Waals surface area contributed by atoms with E-state index in [1.54, 1.807) is 12.1 Å². The van der Waals surface area contributed by atoms with E-state index in [2.05, 4.69) is 31.9 Å². The third-order valence-corrected chi connectivity index (χ3v) is 4.21. The lowest BCUT2D eigenvalue weighted by Gasteiger charge is -2.06. The van der Waals surface area contributed by atoms with Crippen LogP contribution in [0.4, 0.5) is 4.39 Å². The number of carbonyl (C=O) groups is 1. The molecule has 1 nitrogen and oxygen atoms in total. The maximum Gasteiger partial charge on any atom is 0.196 e. The minimum absolute atomic E-state index is 0.0364. The summed E-state index contributed by atoms with van der Waals surface area (Å²) in [6, 6.07) is 7.77. The minimum atomic E-state index is -0.598. The third-order valence-electron chi connectivity index (χ3n) is 2.56. The van der Waals surface area contributed by atoms with Gasteiger partial charge in [-0.3, -0.25) is 4.79 Å². The molecule has 2 rings (SSSR count). The van der Waals surface area contributed by atoms with E-state index >= 15 is 0 Å². The molecule has 2 aromatic rings. The molecule has 0 aliphatic carbocycles. The van der Waals surface area contributed by atoms with Gasteiger partial charge < -0.3 is 0 Å². The van der Waals surface area contributed by atoms with Crippen molar-refractivity contribution in [3.05, 3.63) is 66.8 Å². The molecule has 0 aliphatic heterocycles. The number of ketones is 1. The molecule has 5 heteroatoms. The van der Waals surface area contributed by atoms with Crippen molar-refractivity contribution < 1.29 is 9.18 Å². The van der Waals surface area contributed by atoms with Gasteiger partial charge in [-0.15, -0.1) is 0 Å². The van der Waals surface area contributed by atoms with Crippen molar-refractivity contribution in [2.24, 2.45) is 0 Å². The van der Waals surface area contributed by atoms with Crippen molar-refractivity contribution in [1.82, 2.24) is 0 Å². The summed E-state index contributed by atoms with van der Waals surface area (Å²) in [5.41, 5.74) is 1.30. The second-order valence-electron chi connectivity index (χ2n) is 4.09. The first kappa shape index (κ1) is 14.7. The van der Waals surface area contributed by atoms with Crippen LogP contribution in [0, 0.1) is 12.7 Å². The highest BCUT2D eigenvalue weighted by atomic mass is 79.9. The van der Waals surface area contributed by atoms with Crippen molar-refractivity contribution in [3.63, 3.8) is 0 Å². The largest absolute Gasteiger partial charge is 0.288 e. The van der Waals surface area contributed by atoms with Gasteiger partial charge in [0.1, 0.15) is 5.82 Å². The third kappa shape index (κ3) is 3.25. The number of hydrogen-bond donors (Lipinski definition) is 0. The molecule has 2 aromatic carbocycles. The van der Waals surface area contributed by atoms with Crippen LogP contribution in [0.2, 0.25) is 5.02 Å². The predicted molar refractivity (Wildman–Crippen MR) is 81.4 cm³/mol. The molecule has 0 fully saturated rings. The fourth-order valence-corrected chi connectivity index (χ4v) is 2.81. The summed E-state index contributed by atoms with van der Waals surface area (Å²) in [5, 5.41) is 0.302. The highest BCUT2D eigenvalue weighted by molar-refractivity contribution is 9.10. The lowest BCUT2D eigenvalue weighted by atomic mass is 10.0. The molecule has 19 heavy (non-hydrogen) atoms. The molecule has 0 atom stereocenters. The van der Waals surface area contributed by atoms with Crippen LogP contribution in [0.15, 0.2) is 39.3 Å². The van der Waals surface area contributed by atoms with Gasteiger partial charge in [-0.2, -0.15) is 0 Å². The van der Waals surface area contributed by atoms with Gasteiger partial charge in [0.25, 0.3) is 0 Å². The van der Waals surface area contributed by atoms with Crippen molar-refractivity contribution in [2.45, 2.75) is 6.92 Å². The van der Waals surface area contributed by atoms with E-state index in [0.29, 0.717) is 15.1 Å². The minimum Gasteiger partial charge on any atom is -0.288 e. The van der Waals surface area contributed by atoms with Crippen LogP contribution >= 0.6 is 43.5 Å². The highest BCUT2D eigenvalue weighted by Crippen LogP contribution is 2.27. The Morgan fingerprint density at radius 2 is 1.84 bits per heavy atom. The van der Waals surface area contributed by atoms with E-state index in [4.69, 9.17) is 11.6 Å². The van der Waals surface area contributed by atoms with E-state index in [9.17, 15) is 9.18 Å². The summed E-state index contributed by atoms with van der Waals surface area (Å²) in [4.78, 5) is 12.3. The van der Waals surface area contributed by atoms with Gasteiger partial charge in [0.15, 0.2) is 5.78 Å². The summed E-state index contributed by atoms with van der Waals surface area (Å²) < 4.78 is 15.0. The number of aryl methyl sites for hydroxylation is 1. The second-order valence-corrected chi connectivity index (χ2v) is 6.27. The van der Waals surface area contributed by atoms with Crippen LogP contribution in [0.3, 0.4) is 0 Å². The molecule has 98 valence electrons. The Hall–Kier alpha value is -0.710. The summed E-state index contributed by atoms with van der Waals surface area (Å²) in [5.74, 6) is -0.991. The molecule has 0 aliphatic rings. The first-order valence-corrected chi connectivity index (χ1v) is 7.31. The lowest BCUT2D eigenvalue weighted by molar-refractivity contribution is 0.103. The van der Waals surface area contributed by atoms with Crippen LogP contribution in [-0.2, 0) is 0 Å². The van der Waals surface area contributed by atoms with Gasteiger partial charge in [0, 0.05) is 14.5 Å². The normalized spacial score (nSPS) is 10.6. The molecular weight excluding hydrogens is 398 g/mol. The predicted octanol–water partition coefficient (Wildman–Crippen LogP) is 5.54. The molecule has 0 unspecified atom stereocenters. The number of carbonyl (C=O) groups excluding carboxylic acids is 1. The molecular formula is C14H8Br2ClFO. The molecule has 0 heterocycles. The zero-order chi connectivity index (χ0) is 14.2. The smallest absolute Gasteiger partial charge is 0.196 e. The fraction of sp³-hybridized carbons (Fsp3) is 0.0714. The average Bonchev–Trinajstić information content (AvgIpc) is 2.31. The van der Waals surface area contributed by atoms with Crippen molar-refractivity contribution in [1.29, 1.82) is 0 Å². The van der Waals surface area contributed by atoms with Gasteiger partial charge >= 0.3 is 0 Å². The molecule has 0 N–H and O–H groups in total. The number of hydrogen-bond acceptors (Lipinski definition) is 1. The first-order chi connectivity index (χ1) is 8.88. The molecule has 0 saturated carbocycles. The number of halogens is 4. The highest BCUT2D eigenvalue weighted by Gasteiger charge is 2.17. The Bertz CT molecular complexity index is 650. The molecule has 0 spiro atoms. The quantitative estimate of drug-likeness (QED) is 0.473. The Morgan fingerprint density at radius 3 is 2.47 bits per heavy atom. The van der Waals surface area contributed by atoms with Crippen molar-refractivity contribution >= 4 is 49.2 Å². The van der Waals surface area contributed by atoms with Gasteiger partial charge in [0.05, 0.1) is 10.6 Å². The standard InChI is InChI=1S/C14H8Br2ClFO/c1-7-2-8(4-9(15)3-7)14(19)10-5-12(17)11(16)6-13(10)18/h2-6H,1H3. The van der Waals surface area contributed by atoms with E-state index < -0.39 is 11.6 Å². The van der Waals surface area contributed by atoms with Crippen LogP contribution in [0.25, 0.3) is 0 Å². The SMILES string of the molecule is Cc1cc(Br)cc(C(=O)c2cc(Cl)c(Br)cc2F)c1. The number of benzene rings is 2. The Kier molecular flexibility index (Phi) is 4.43. The Morgan fingerprint density at radius 1 is 1.16 bits per heavy atom. The molecule has 0 bridgehead atoms. The van der Waals surface area contributed by atoms with Gasteiger partial charge in [-0.25, -0.2) is 4.39 Å². The van der Waals surface area contributed by atoms with Crippen LogP contribution in [-0.4, -0.2) is 5.78 Å². The Balaban J connectivity index is 2.53. The van der Waals surface area contributed by atoms with Gasteiger partial charge in [-0.05, 0) is 58.7 Å². The van der Waals surface area contributed by atoms with Crippen LogP contribution in [0.5, 0.6) is 0 Å². The molecule has 0 saturated heterocycles. The maximum absolute atomic E-state index is 13.8. The average molecular weight is 406 g/mol. The summed E-state index contributed by atoms with van der Waals surface area (Å²) in [6.07, 6.45) is 0. The summed E-state index contributed by atoms with van der Waals surface area (Å²) >= 11 is 12.3. The van der Waals surface area contributed by atoms with Crippen LogP contribution in [0.1, 0.15) is 21.5 Å².